The van der Waals surface area contributed by atoms with Gasteiger partial charge in [-0.1, -0.05) is 19.3 Å². The average molecular weight is 264 g/mol. The van der Waals surface area contributed by atoms with E-state index in [0.717, 1.165) is 29.1 Å². The van der Waals surface area contributed by atoms with Crippen molar-refractivity contribution in [1.82, 2.24) is 10.3 Å². The lowest BCUT2D eigenvalue weighted by molar-refractivity contribution is 0.381. The Morgan fingerprint density at radius 3 is 2.72 bits per heavy atom. The predicted molar refractivity (Wildman–Crippen MR) is 79.3 cm³/mol. The number of thioether (sulfide) groups is 1. The molecule has 100 valence electrons. The van der Waals surface area contributed by atoms with Crippen LogP contribution in [-0.2, 0) is 0 Å². The van der Waals surface area contributed by atoms with Crippen molar-refractivity contribution in [3.8, 4) is 0 Å². The Morgan fingerprint density at radius 2 is 2.00 bits per heavy atom. The van der Waals surface area contributed by atoms with Crippen molar-refractivity contribution in [2.24, 2.45) is 0 Å². The smallest absolute Gasteiger partial charge is 0.0966 e. The van der Waals surface area contributed by atoms with Crippen LogP contribution in [-0.4, -0.2) is 23.3 Å². The van der Waals surface area contributed by atoms with Crippen molar-refractivity contribution in [3.05, 3.63) is 23.4 Å². The molecule has 18 heavy (non-hydrogen) atoms. The summed E-state index contributed by atoms with van der Waals surface area (Å²) in [7, 11) is 0. The van der Waals surface area contributed by atoms with Crippen LogP contribution in [0.5, 0.6) is 0 Å². The molecule has 0 aromatic carbocycles. The monoisotopic (exact) mass is 264 g/mol. The molecule has 1 aliphatic rings. The molecule has 0 aliphatic heterocycles. The van der Waals surface area contributed by atoms with Gasteiger partial charge >= 0.3 is 0 Å². The Bertz CT molecular complexity index is 353. The van der Waals surface area contributed by atoms with E-state index in [1.807, 2.05) is 11.8 Å². The van der Waals surface area contributed by atoms with Crippen LogP contribution >= 0.6 is 11.8 Å². The number of aryl methyl sites for hydroxylation is 2. The minimum atomic E-state index is 0.770. The third-order valence-corrected chi connectivity index (χ3v) is 4.38. The molecule has 0 amide bonds. The number of hydrogen-bond donors (Lipinski definition) is 1. The summed E-state index contributed by atoms with van der Waals surface area (Å²) in [5.74, 6) is 1.12. The highest BCUT2D eigenvalue weighted by Crippen LogP contribution is 2.19. The van der Waals surface area contributed by atoms with E-state index in [1.54, 1.807) is 0 Å². The summed E-state index contributed by atoms with van der Waals surface area (Å²) in [5, 5.41) is 4.84. The molecule has 0 spiro atoms. The van der Waals surface area contributed by atoms with Gasteiger partial charge in [0.15, 0.2) is 0 Å². The van der Waals surface area contributed by atoms with Crippen molar-refractivity contribution in [3.63, 3.8) is 0 Å². The summed E-state index contributed by atoms with van der Waals surface area (Å²) in [6.07, 6.45) is 6.98. The molecule has 3 heteroatoms. The van der Waals surface area contributed by atoms with E-state index in [2.05, 4.69) is 36.3 Å². The highest BCUT2D eigenvalue weighted by Gasteiger charge is 2.11. The van der Waals surface area contributed by atoms with E-state index in [-0.39, 0.29) is 0 Å². The standard InChI is InChI=1S/C15H24N2S/c1-12-10-13(2)17-15(11-12)18-9-8-16-14-6-4-3-5-7-14/h10-11,14,16H,3-9H2,1-2H3. The molecule has 1 N–H and O–H groups in total. The number of hydrogen-bond acceptors (Lipinski definition) is 3. The Labute approximate surface area is 115 Å². The van der Waals surface area contributed by atoms with E-state index >= 15 is 0 Å². The van der Waals surface area contributed by atoms with Gasteiger partial charge in [0.1, 0.15) is 0 Å². The first-order valence-electron chi connectivity index (χ1n) is 7.05. The van der Waals surface area contributed by atoms with Gasteiger partial charge in [-0.25, -0.2) is 4.98 Å². The summed E-state index contributed by atoms with van der Waals surface area (Å²) >= 11 is 1.86. The molecule has 2 nitrogen and oxygen atoms in total. The minimum absolute atomic E-state index is 0.770. The zero-order chi connectivity index (χ0) is 12.8. The van der Waals surface area contributed by atoms with Crippen molar-refractivity contribution in [2.45, 2.75) is 57.0 Å². The predicted octanol–water partition coefficient (Wildman–Crippen LogP) is 3.71. The molecule has 1 saturated carbocycles. The molecular weight excluding hydrogens is 240 g/mol. The topological polar surface area (TPSA) is 24.9 Å². The van der Waals surface area contributed by atoms with Gasteiger partial charge in [-0.2, -0.15) is 0 Å². The third-order valence-electron chi connectivity index (χ3n) is 3.46. The number of aromatic nitrogens is 1. The molecule has 1 aromatic heterocycles. The average Bonchev–Trinajstić information content (AvgIpc) is 2.35. The molecular formula is C15H24N2S. The molecule has 0 atom stereocenters. The first-order chi connectivity index (χ1) is 8.74. The molecule has 1 aliphatic carbocycles. The van der Waals surface area contributed by atoms with Crippen LogP contribution in [0.25, 0.3) is 0 Å². The van der Waals surface area contributed by atoms with Gasteiger partial charge in [-0.15, -0.1) is 11.8 Å². The van der Waals surface area contributed by atoms with Gasteiger partial charge in [0.25, 0.3) is 0 Å². The molecule has 0 unspecified atom stereocenters. The Morgan fingerprint density at radius 1 is 1.22 bits per heavy atom. The summed E-state index contributed by atoms with van der Waals surface area (Å²) in [5.41, 5.74) is 2.43. The lowest BCUT2D eigenvalue weighted by atomic mass is 9.96. The van der Waals surface area contributed by atoms with Gasteiger partial charge < -0.3 is 5.32 Å². The molecule has 2 rings (SSSR count). The highest BCUT2D eigenvalue weighted by molar-refractivity contribution is 7.99. The maximum absolute atomic E-state index is 4.55. The van der Waals surface area contributed by atoms with Crippen LogP contribution in [0.1, 0.15) is 43.4 Å². The second kappa shape index (κ2) is 7.15. The number of nitrogens with zero attached hydrogens (tertiary/aromatic N) is 1. The fourth-order valence-electron chi connectivity index (χ4n) is 2.60. The molecule has 0 radical (unpaired) electrons. The van der Waals surface area contributed by atoms with Gasteiger partial charge in [0, 0.05) is 24.0 Å². The Balaban J connectivity index is 1.68. The van der Waals surface area contributed by atoms with Crippen molar-refractivity contribution < 1.29 is 0 Å². The van der Waals surface area contributed by atoms with E-state index < -0.39 is 0 Å². The molecule has 0 bridgehead atoms. The molecule has 1 aromatic rings. The molecule has 1 heterocycles. The molecule has 1 fully saturated rings. The van der Waals surface area contributed by atoms with E-state index in [9.17, 15) is 0 Å². The van der Waals surface area contributed by atoms with E-state index in [4.69, 9.17) is 0 Å². The van der Waals surface area contributed by atoms with E-state index in [0.29, 0.717) is 0 Å². The van der Waals surface area contributed by atoms with Crippen LogP contribution < -0.4 is 5.32 Å². The maximum atomic E-state index is 4.55. The Hall–Kier alpha value is -0.540. The summed E-state index contributed by atoms with van der Waals surface area (Å²) < 4.78 is 0. The van der Waals surface area contributed by atoms with Crippen molar-refractivity contribution in [2.75, 3.05) is 12.3 Å². The zero-order valence-electron chi connectivity index (χ0n) is 11.5. The first kappa shape index (κ1) is 13.9. The zero-order valence-corrected chi connectivity index (χ0v) is 12.4. The second-order valence-electron chi connectivity index (χ2n) is 5.26. The summed E-state index contributed by atoms with van der Waals surface area (Å²) in [6, 6.07) is 5.08. The largest absolute Gasteiger partial charge is 0.313 e. The van der Waals surface area contributed by atoms with Gasteiger partial charge in [0.05, 0.1) is 5.03 Å². The van der Waals surface area contributed by atoms with Gasteiger partial charge in [-0.05, 0) is 44.4 Å². The number of nitrogens with one attached hydrogen (secondary N) is 1. The first-order valence-corrected chi connectivity index (χ1v) is 8.04. The van der Waals surface area contributed by atoms with Gasteiger partial charge in [-0.3, -0.25) is 0 Å². The maximum Gasteiger partial charge on any atom is 0.0966 e. The lowest BCUT2D eigenvalue weighted by Crippen LogP contribution is -2.32. The fourth-order valence-corrected chi connectivity index (χ4v) is 3.51. The quantitative estimate of drug-likeness (QED) is 0.648. The van der Waals surface area contributed by atoms with Crippen LogP contribution in [0.15, 0.2) is 17.2 Å². The van der Waals surface area contributed by atoms with Crippen LogP contribution in [0, 0.1) is 13.8 Å². The highest BCUT2D eigenvalue weighted by atomic mass is 32.2. The second-order valence-corrected chi connectivity index (χ2v) is 6.38. The third kappa shape index (κ3) is 4.62. The van der Waals surface area contributed by atoms with Crippen LogP contribution in [0.4, 0.5) is 0 Å². The lowest BCUT2D eigenvalue weighted by Gasteiger charge is -2.22. The SMILES string of the molecule is Cc1cc(C)nc(SCCNC2CCCCC2)c1. The summed E-state index contributed by atoms with van der Waals surface area (Å²) in [4.78, 5) is 4.55. The van der Waals surface area contributed by atoms with E-state index in [1.165, 1.54) is 37.7 Å². The van der Waals surface area contributed by atoms with Gasteiger partial charge in [0.2, 0.25) is 0 Å². The number of rotatable bonds is 5. The summed E-state index contributed by atoms with van der Waals surface area (Å²) in [6.45, 7) is 5.31. The van der Waals surface area contributed by atoms with Crippen LogP contribution in [0.2, 0.25) is 0 Å². The fraction of sp³-hybridized carbons (Fsp3) is 0.667. The minimum Gasteiger partial charge on any atom is -0.313 e. The van der Waals surface area contributed by atoms with Crippen LogP contribution in [0.3, 0.4) is 0 Å². The molecule has 0 saturated heterocycles. The number of pyridine rings is 1. The van der Waals surface area contributed by atoms with Crippen molar-refractivity contribution in [1.29, 1.82) is 0 Å². The normalized spacial score (nSPS) is 17.0. The van der Waals surface area contributed by atoms with Crippen molar-refractivity contribution >= 4 is 11.8 Å². The Kier molecular flexibility index (Phi) is 5.51.